The van der Waals surface area contributed by atoms with Gasteiger partial charge in [0.25, 0.3) is 0 Å². The maximum atomic E-state index is 13.7. The summed E-state index contributed by atoms with van der Waals surface area (Å²) in [6.45, 7) is 2.16. The highest BCUT2D eigenvalue weighted by molar-refractivity contribution is 7.89. The zero-order chi connectivity index (χ0) is 15.6. The fraction of sp³-hybridized carbons (Fsp3) is 0.571. The molecule has 1 heterocycles. The standard InChI is InChI=1S/C14H22FN3O2S/c1-17-7-6-11(9-17)10-18(2)21(19,20)14-5-3-4-13(15)12(14)8-16/h3-5,11H,6-10,16H2,1-2H3. The van der Waals surface area contributed by atoms with Gasteiger partial charge in [0.2, 0.25) is 10.0 Å². The van der Waals surface area contributed by atoms with Gasteiger partial charge in [-0.3, -0.25) is 0 Å². The predicted molar refractivity (Wildman–Crippen MR) is 79.7 cm³/mol. The average molecular weight is 315 g/mol. The number of hydrogen-bond acceptors (Lipinski definition) is 4. The van der Waals surface area contributed by atoms with E-state index in [4.69, 9.17) is 5.73 Å². The summed E-state index contributed by atoms with van der Waals surface area (Å²) in [5, 5.41) is 0. The molecule has 1 aliphatic heterocycles. The summed E-state index contributed by atoms with van der Waals surface area (Å²) in [4.78, 5) is 2.15. The maximum Gasteiger partial charge on any atom is 0.243 e. The second-order valence-electron chi connectivity index (χ2n) is 5.62. The van der Waals surface area contributed by atoms with E-state index in [9.17, 15) is 12.8 Å². The molecule has 1 aromatic carbocycles. The Labute approximate surface area is 125 Å². The highest BCUT2D eigenvalue weighted by Crippen LogP contribution is 2.24. The number of likely N-dealkylation sites (tertiary alicyclic amines) is 1. The quantitative estimate of drug-likeness (QED) is 0.875. The number of nitrogens with two attached hydrogens (primary N) is 1. The molecule has 0 aliphatic carbocycles. The van der Waals surface area contributed by atoms with Crippen LogP contribution in [0.15, 0.2) is 23.1 Å². The Balaban J connectivity index is 2.23. The first-order chi connectivity index (χ1) is 9.86. The minimum atomic E-state index is -3.71. The molecular formula is C14H22FN3O2S. The molecule has 0 saturated carbocycles. The Morgan fingerprint density at radius 1 is 1.48 bits per heavy atom. The van der Waals surface area contributed by atoms with Gasteiger partial charge in [-0.15, -0.1) is 0 Å². The molecule has 1 saturated heterocycles. The third-order valence-corrected chi connectivity index (χ3v) is 5.88. The Bertz CT molecular complexity index is 606. The van der Waals surface area contributed by atoms with E-state index in [1.54, 1.807) is 7.05 Å². The van der Waals surface area contributed by atoms with Crippen LogP contribution in [0.25, 0.3) is 0 Å². The van der Waals surface area contributed by atoms with E-state index in [1.807, 2.05) is 7.05 Å². The largest absolute Gasteiger partial charge is 0.326 e. The van der Waals surface area contributed by atoms with Gasteiger partial charge in [-0.05, 0) is 38.1 Å². The Morgan fingerprint density at radius 3 is 2.76 bits per heavy atom. The lowest BCUT2D eigenvalue weighted by Crippen LogP contribution is -2.33. The van der Waals surface area contributed by atoms with E-state index >= 15 is 0 Å². The lowest BCUT2D eigenvalue weighted by Gasteiger charge is -2.22. The van der Waals surface area contributed by atoms with Crippen molar-refractivity contribution in [2.45, 2.75) is 17.9 Å². The van der Waals surface area contributed by atoms with Crippen molar-refractivity contribution in [2.24, 2.45) is 11.7 Å². The molecule has 21 heavy (non-hydrogen) atoms. The lowest BCUT2D eigenvalue weighted by molar-refractivity contribution is 0.356. The average Bonchev–Trinajstić information content (AvgIpc) is 2.83. The van der Waals surface area contributed by atoms with Crippen LogP contribution in [0.5, 0.6) is 0 Å². The summed E-state index contributed by atoms with van der Waals surface area (Å²) in [5.74, 6) is -0.266. The molecule has 0 bridgehead atoms. The van der Waals surface area contributed by atoms with Crippen LogP contribution in [0.4, 0.5) is 4.39 Å². The maximum absolute atomic E-state index is 13.7. The minimum Gasteiger partial charge on any atom is -0.326 e. The number of sulfonamides is 1. The van der Waals surface area contributed by atoms with Gasteiger partial charge < -0.3 is 10.6 Å². The van der Waals surface area contributed by atoms with Crippen molar-refractivity contribution < 1.29 is 12.8 Å². The molecule has 0 spiro atoms. The third-order valence-electron chi connectivity index (χ3n) is 3.97. The summed E-state index contributed by atoms with van der Waals surface area (Å²) in [5.41, 5.74) is 5.55. The highest BCUT2D eigenvalue weighted by Gasteiger charge is 2.29. The van der Waals surface area contributed by atoms with Gasteiger partial charge in [0.15, 0.2) is 0 Å². The van der Waals surface area contributed by atoms with Crippen LogP contribution in [-0.4, -0.2) is 51.4 Å². The number of nitrogens with zero attached hydrogens (tertiary/aromatic N) is 2. The van der Waals surface area contributed by atoms with Gasteiger partial charge >= 0.3 is 0 Å². The van der Waals surface area contributed by atoms with Crippen LogP contribution in [-0.2, 0) is 16.6 Å². The van der Waals surface area contributed by atoms with E-state index in [0.29, 0.717) is 12.5 Å². The first-order valence-electron chi connectivity index (χ1n) is 6.98. The van der Waals surface area contributed by atoms with E-state index in [0.717, 1.165) is 19.5 Å². The van der Waals surface area contributed by atoms with Crippen LogP contribution >= 0.6 is 0 Å². The Hall–Kier alpha value is -1.02. The van der Waals surface area contributed by atoms with Crippen molar-refractivity contribution in [3.63, 3.8) is 0 Å². The summed E-state index contributed by atoms with van der Waals surface area (Å²) in [6.07, 6.45) is 0.975. The number of hydrogen-bond donors (Lipinski definition) is 1. The van der Waals surface area contributed by atoms with Crippen LogP contribution in [0.1, 0.15) is 12.0 Å². The van der Waals surface area contributed by atoms with Gasteiger partial charge in [0.05, 0.1) is 4.90 Å². The molecule has 1 unspecified atom stereocenters. The molecule has 1 fully saturated rings. The monoisotopic (exact) mass is 315 g/mol. The number of benzene rings is 1. The van der Waals surface area contributed by atoms with Crippen LogP contribution < -0.4 is 5.73 Å². The molecule has 7 heteroatoms. The second kappa shape index (κ2) is 6.39. The zero-order valence-corrected chi connectivity index (χ0v) is 13.2. The first kappa shape index (κ1) is 16.4. The van der Waals surface area contributed by atoms with Crippen LogP contribution in [0.3, 0.4) is 0 Å². The van der Waals surface area contributed by atoms with Crippen LogP contribution in [0, 0.1) is 11.7 Å². The Morgan fingerprint density at radius 2 is 2.19 bits per heavy atom. The summed E-state index contributed by atoms with van der Waals surface area (Å²) >= 11 is 0. The summed E-state index contributed by atoms with van der Waals surface area (Å²) in [6, 6.07) is 4.05. The van der Waals surface area contributed by atoms with Crippen molar-refractivity contribution in [2.75, 3.05) is 33.7 Å². The number of rotatable bonds is 5. The molecule has 0 amide bonds. The molecule has 1 aromatic rings. The molecule has 0 aromatic heterocycles. The molecule has 0 radical (unpaired) electrons. The first-order valence-corrected chi connectivity index (χ1v) is 8.42. The molecular weight excluding hydrogens is 293 g/mol. The van der Waals surface area contributed by atoms with Crippen molar-refractivity contribution in [3.8, 4) is 0 Å². The number of halogens is 1. The van der Waals surface area contributed by atoms with E-state index in [-0.39, 0.29) is 17.0 Å². The van der Waals surface area contributed by atoms with Crippen molar-refractivity contribution in [3.05, 3.63) is 29.6 Å². The molecule has 5 nitrogen and oxygen atoms in total. The fourth-order valence-electron chi connectivity index (χ4n) is 2.78. The van der Waals surface area contributed by atoms with Crippen molar-refractivity contribution in [1.82, 2.24) is 9.21 Å². The van der Waals surface area contributed by atoms with Gasteiger partial charge in [-0.1, -0.05) is 6.07 Å². The summed E-state index contributed by atoms with van der Waals surface area (Å²) < 4.78 is 40.3. The van der Waals surface area contributed by atoms with Gasteiger partial charge in [-0.25, -0.2) is 17.1 Å². The van der Waals surface area contributed by atoms with E-state index in [2.05, 4.69) is 4.90 Å². The third kappa shape index (κ3) is 3.42. The molecule has 1 aliphatic rings. The molecule has 118 valence electrons. The second-order valence-corrected chi connectivity index (χ2v) is 7.64. The SMILES string of the molecule is CN1CCC(CN(C)S(=O)(=O)c2cccc(F)c2CN)C1. The smallest absolute Gasteiger partial charge is 0.243 e. The fourth-order valence-corrected chi connectivity index (χ4v) is 4.27. The topological polar surface area (TPSA) is 66.6 Å². The van der Waals surface area contributed by atoms with Gasteiger partial charge in [0.1, 0.15) is 5.82 Å². The van der Waals surface area contributed by atoms with Gasteiger partial charge in [0, 0.05) is 32.2 Å². The molecule has 1 atom stereocenters. The zero-order valence-electron chi connectivity index (χ0n) is 12.4. The van der Waals surface area contributed by atoms with Gasteiger partial charge in [-0.2, -0.15) is 0 Å². The predicted octanol–water partition coefficient (Wildman–Crippen LogP) is 0.857. The molecule has 2 N–H and O–H groups in total. The van der Waals surface area contributed by atoms with E-state index in [1.165, 1.54) is 22.5 Å². The normalized spacial score (nSPS) is 20.3. The van der Waals surface area contributed by atoms with E-state index < -0.39 is 15.8 Å². The van der Waals surface area contributed by atoms with Crippen molar-refractivity contribution in [1.29, 1.82) is 0 Å². The Kier molecular flexibility index (Phi) is 4.98. The minimum absolute atomic E-state index is 0.0288. The van der Waals surface area contributed by atoms with Crippen molar-refractivity contribution >= 4 is 10.0 Å². The lowest BCUT2D eigenvalue weighted by atomic mass is 10.1. The van der Waals surface area contributed by atoms with Crippen LogP contribution in [0.2, 0.25) is 0 Å². The summed E-state index contributed by atoms with van der Waals surface area (Å²) in [7, 11) is -0.152. The highest BCUT2D eigenvalue weighted by atomic mass is 32.2. The molecule has 2 rings (SSSR count).